The third kappa shape index (κ3) is 5.96. The number of nitrogens with zero attached hydrogens (tertiary/aromatic N) is 3. The lowest BCUT2D eigenvalue weighted by Crippen LogP contribution is -2.30. The van der Waals surface area contributed by atoms with E-state index in [1.165, 1.54) is 23.5 Å². The van der Waals surface area contributed by atoms with Crippen molar-refractivity contribution in [1.82, 2.24) is 14.5 Å². The normalized spacial score (nSPS) is 14.4. The zero-order valence-electron chi connectivity index (χ0n) is 17.7. The Kier molecular flexibility index (Phi) is 7.04. The summed E-state index contributed by atoms with van der Waals surface area (Å²) >= 11 is 1.39. The predicted octanol–water partition coefficient (Wildman–Crippen LogP) is 2.84. The van der Waals surface area contributed by atoms with Gasteiger partial charge in [0.25, 0.3) is 15.9 Å². The molecule has 0 bridgehead atoms. The summed E-state index contributed by atoms with van der Waals surface area (Å²) in [6, 6.07) is 9.59. The highest BCUT2D eigenvalue weighted by Crippen LogP contribution is 2.21. The van der Waals surface area contributed by atoms with Crippen LogP contribution in [0.1, 0.15) is 32.1 Å². The van der Waals surface area contributed by atoms with Gasteiger partial charge in [0.15, 0.2) is 0 Å². The highest BCUT2D eigenvalue weighted by Gasteiger charge is 2.18. The van der Waals surface area contributed by atoms with Crippen molar-refractivity contribution in [2.24, 2.45) is 4.99 Å². The van der Waals surface area contributed by atoms with Crippen LogP contribution in [0, 0.1) is 0 Å². The van der Waals surface area contributed by atoms with Crippen LogP contribution in [-0.2, 0) is 21.4 Å². The first kappa shape index (κ1) is 22.9. The highest BCUT2D eigenvalue weighted by molar-refractivity contribution is 7.90. The van der Waals surface area contributed by atoms with Gasteiger partial charge in [-0.3, -0.25) is 14.5 Å². The van der Waals surface area contributed by atoms with Crippen LogP contribution in [-0.4, -0.2) is 36.5 Å². The zero-order chi connectivity index (χ0) is 23.3. The second-order valence-corrected chi connectivity index (χ2v) is 10.1. The number of thiophene rings is 1. The third-order valence-electron chi connectivity index (χ3n) is 4.94. The Balaban J connectivity index is 1.37. The van der Waals surface area contributed by atoms with Crippen molar-refractivity contribution in [3.8, 4) is 10.8 Å². The second-order valence-electron chi connectivity index (χ2n) is 7.44. The van der Waals surface area contributed by atoms with E-state index in [-0.39, 0.29) is 23.8 Å². The fraction of sp³-hybridized carbons (Fsp3) is 0.333. The molecule has 10 nitrogen and oxygen atoms in total. The molecule has 1 aromatic carbocycles. The monoisotopic (exact) mass is 489 g/mol. The number of aliphatic imine (C=N–C) groups is 1. The minimum atomic E-state index is -3.81. The summed E-state index contributed by atoms with van der Waals surface area (Å²) in [5, 5.41) is 8.61. The Morgan fingerprint density at radius 2 is 2.06 bits per heavy atom. The molecule has 0 spiro atoms. The molecule has 3 heterocycles. The summed E-state index contributed by atoms with van der Waals surface area (Å²) in [7, 11) is -3.81. The summed E-state index contributed by atoms with van der Waals surface area (Å²) in [5.74, 6) is -0.369. The summed E-state index contributed by atoms with van der Waals surface area (Å²) in [6.45, 7) is 0.635. The van der Waals surface area contributed by atoms with Crippen molar-refractivity contribution >= 4 is 38.8 Å². The van der Waals surface area contributed by atoms with Crippen LogP contribution in [0.15, 0.2) is 60.9 Å². The Bertz CT molecular complexity index is 1310. The van der Waals surface area contributed by atoms with Crippen molar-refractivity contribution < 1.29 is 17.6 Å². The van der Waals surface area contributed by atoms with Gasteiger partial charge in [0.1, 0.15) is 5.84 Å². The molecule has 1 amide bonds. The molecular formula is C21H23N5O5S2. The number of sulfonamides is 1. The number of rotatable bonds is 7. The number of carbonyl (C=O) groups excluding carboxylic acids is 1. The molecule has 2 N–H and O–H groups in total. The first-order chi connectivity index (χ1) is 15.9. The smallest absolute Gasteiger partial charge is 0.387 e. The summed E-state index contributed by atoms with van der Waals surface area (Å²) < 4.78 is 34.2. The van der Waals surface area contributed by atoms with Gasteiger partial charge < -0.3 is 9.73 Å². The van der Waals surface area contributed by atoms with Crippen molar-refractivity contribution in [3.63, 3.8) is 0 Å². The van der Waals surface area contributed by atoms with Crippen molar-refractivity contribution in [1.29, 1.82) is 0 Å². The van der Waals surface area contributed by atoms with E-state index in [0.717, 1.165) is 28.8 Å². The molecule has 2 aromatic heterocycles. The second kappa shape index (κ2) is 10.1. The van der Waals surface area contributed by atoms with Crippen molar-refractivity contribution in [2.45, 2.75) is 43.5 Å². The van der Waals surface area contributed by atoms with Crippen LogP contribution in [0.5, 0.6) is 0 Å². The molecule has 174 valence electrons. The molecule has 33 heavy (non-hydrogen) atoms. The molecule has 0 aliphatic carbocycles. The van der Waals surface area contributed by atoms with Crippen LogP contribution in [0.2, 0.25) is 0 Å². The number of hydrogen-bond donors (Lipinski definition) is 2. The van der Waals surface area contributed by atoms with Gasteiger partial charge in [0.2, 0.25) is 5.91 Å². The summed E-state index contributed by atoms with van der Waals surface area (Å²) in [4.78, 5) is 29.4. The van der Waals surface area contributed by atoms with E-state index in [2.05, 4.69) is 20.1 Å². The Morgan fingerprint density at radius 3 is 2.88 bits per heavy atom. The minimum absolute atomic E-state index is 0.0267. The van der Waals surface area contributed by atoms with Crippen LogP contribution in [0.4, 0.5) is 5.69 Å². The molecular weight excluding hydrogens is 466 g/mol. The van der Waals surface area contributed by atoms with E-state index < -0.39 is 21.7 Å². The largest absolute Gasteiger partial charge is 0.437 e. The maximum absolute atomic E-state index is 12.7. The van der Waals surface area contributed by atoms with Crippen LogP contribution < -0.4 is 15.8 Å². The summed E-state index contributed by atoms with van der Waals surface area (Å²) in [5.41, 5.74) is 0.331. The van der Waals surface area contributed by atoms with Gasteiger partial charge in [-0.25, -0.2) is 13.2 Å². The number of aryl methyl sites for hydroxylation is 1. The van der Waals surface area contributed by atoms with Gasteiger partial charge in [-0.2, -0.15) is 4.68 Å². The van der Waals surface area contributed by atoms with Crippen LogP contribution in [0.25, 0.3) is 10.8 Å². The van der Waals surface area contributed by atoms with Crippen molar-refractivity contribution in [2.75, 3.05) is 11.9 Å². The molecule has 12 heteroatoms. The average molecular weight is 490 g/mol. The van der Waals surface area contributed by atoms with Gasteiger partial charge in [-0.15, -0.1) is 16.4 Å². The van der Waals surface area contributed by atoms with Crippen LogP contribution in [0.3, 0.4) is 0 Å². The zero-order valence-corrected chi connectivity index (χ0v) is 19.3. The molecule has 0 unspecified atom stereocenters. The van der Waals surface area contributed by atoms with E-state index in [1.807, 2.05) is 11.4 Å². The first-order valence-electron chi connectivity index (χ1n) is 10.5. The fourth-order valence-electron chi connectivity index (χ4n) is 3.29. The van der Waals surface area contributed by atoms with Gasteiger partial charge in [0.05, 0.1) is 16.3 Å². The third-order valence-corrected chi connectivity index (χ3v) is 7.18. The fourth-order valence-corrected chi connectivity index (χ4v) is 5.07. The molecule has 0 radical (unpaired) electrons. The number of amidine groups is 1. The maximum atomic E-state index is 12.7. The summed E-state index contributed by atoms with van der Waals surface area (Å²) in [6.07, 6.45) is 3.41. The lowest BCUT2D eigenvalue weighted by Gasteiger charge is -2.11. The van der Waals surface area contributed by atoms with Gasteiger partial charge >= 0.3 is 5.76 Å². The van der Waals surface area contributed by atoms with Gasteiger partial charge in [-0.1, -0.05) is 18.6 Å². The van der Waals surface area contributed by atoms with E-state index in [4.69, 9.17) is 4.42 Å². The van der Waals surface area contributed by atoms with E-state index >= 15 is 0 Å². The minimum Gasteiger partial charge on any atom is -0.387 e. The van der Waals surface area contributed by atoms with Gasteiger partial charge in [-0.05, 0) is 42.5 Å². The number of benzene rings is 1. The molecule has 4 rings (SSSR count). The molecule has 0 saturated heterocycles. The van der Waals surface area contributed by atoms with Crippen molar-refractivity contribution in [3.05, 3.63) is 52.3 Å². The van der Waals surface area contributed by atoms with E-state index in [1.54, 1.807) is 18.2 Å². The Morgan fingerprint density at radius 1 is 1.18 bits per heavy atom. The first-order valence-corrected chi connectivity index (χ1v) is 12.8. The average Bonchev–Trinajstić information content (AvgIpc) is 3.37. The standard InChI is InChI=1S/C21H23N5O5S2/c27-19(10-12-26-21(28)31-20(24-26)17-8-5-13-32-17)23-15-6-4-7-16(14-15)33(29,30)25-18-9-2-1-3-11-22-18/h4-8,13-14H,1-3,9-12H2,(H,22,25)(H,23,27). The van der Waals surface area contributed by atoms with Crippen LogP contribution >= 0.6 is 11.3 Å². The number of anilines is 1. The lowest BCUT2D eigenvalue weighted by molar-refractivity contribution is -0.116. The highest BCUT2D eigenvalue weighted by atomic mass is 32.2. The van der Waals surface area contributed by atoms with E-state index in [9.17, 15) is 18.0 Å². The predicted molar refractivity (Wildman–Crippen MR) is 125 cm³/mol. The number of nitrogens with one attached hydrogen (secondary N) is 2. The Labute approximate surface area is 194 Å². The number of amides is 1. The number of aromatic nitrogens is 2. The molecule has 1 aliphatic rings. The quantitative estimate of drug-likeness (QED) is 0.524. The van der Waals surface area contributed by atoms with E-state index in [0.29, 0.717) is 24.5 Å². The number of hydrogen-bond acceptors (Lipinski definition) is 8. The lowest BCUT2D eigenvalue weighted by atomic mass is 10.2. The number of carbonyl (C=O) groups is 1. The Hall–Kier alpha value is -3.25. The SMILES string of the molecule is O=C(CCn1nc(-c2cccs2)oc1=O)Nc1cccc(S(=O)(=O)NC2=NCCCCC2)c1. The molecule has 0 atom stereocenters. The molecule has 0 saturated carbocycles. The van der Waals surface area contributed by atoms with Gasteiger partial charge in [0, 0.05) is 25.1 Å². The molecule has 1 aliphatic heterocycles. The molecule has 0 fully saturated rings. The topological polar surface area (TPSA) is 136 Å². The molecule has 3 aromatic rings. The maximum Gasteiger partial charge on any atom is 0.437 e.